The van der Waals surface area contributed by atoms with Crippen LogP contribution in [0.15, 0.2) is 29.5 Å². The Labute approximate surface area is 178 Å². The Morgan fingerprint density at radius 3 is 2.93 bits per heavy atom. The van der Waals surface area contributed by atoms with E-state index in [1.165, 1.54) is 6.34 Å². The Morgan fingerprint density at radius 1 is 1.38 bits per heavy atom. The number of fused-ring (bicyclic) bond motifs is 1. The number of ether oxygens (including phenoxy) is 1. The summed E-state index contributed by atoms with van der Waals surface area (Å²) in [6, 6.07) is 3.56. The molecule has 1 aliphatic heterocycles. The van der Waals surface area contributed by atoms with Gasteiger partial charge in [-0.3, -0.25) is 4.79 Å². The summed E-state index contributed by atoms with van der Waals surface area (Å²) in [6.07, 6.45) is 8.08. The molecule has 0 bridgehead atoms. The van der Waals surface area contributed by atoms with Crippen LogP contribution in [-0.2, 0) is 4.74 Å². The number of aromatic amines is 1. The van der Waals surface area contributed by atoms with Crippen molar-refractivity contribution in [3.05, 3.63) is 40.3 Å². The number of hydrogen-bond donors (Lipinski definition) is 1. The minimum atomic E-state index is -0.404. The van der Waals surface area contributed by atoms with Gasteiger partial charge < -0.3 is 14.6 Å². The number of hydrogen-bond acceptors (Lipinski definition) is 3. The third-order valence-electron chi connectivity index (χ3n) is 4.82. The maximum atomic E-state index is 12.8. The summed E-state index contributed by atoms with van der Waals surface area (Å²) in [5, 5.41) is 6.04. The van der Waals surface area contributed by atoms with E-state index in [1.54, 1.807) is 31.3 Å². The molecule has 0 aliphatic carbocycles. The van der Waals surface area contributed by atoms with Crippen LogP contribution in [0, 0.1) is 0 Å². The second-order valence-electron chi connectivity index (χ2n) is 7.20. The predicted octanol–water partition coefficient (Wildman–Crippen LogP) is 4.77. The Hall–Kier alpha value is -2.35. The molecule has 152 valence electrons. The van der Waals surface area contributed by atoms with Gasteiger partial charge in [-0.2, -0.15) is 10.1 Å². The van der Waals surface area contributed by atoms with Gasteiger partial charge in [0.15, 0.2) is 0 Å². The van der Waals surface area contributed by atoms with Gasteiger partial charge in [0.25, 0.3) is 5.91 Å². The van der Waals surface area contributed by atoms with Crippen LogP contribution in [0.2, 0.25) is 10.0 Å². The Bertz CT molecular complexity index is 1080. The SMILES string of the molecule is CN(C)C=NC(=O)c1[nH]c2c(Cl)c(Cl)ccc2c1-c1cnn(C2CCCCO2)c1. The Morgan fingerprint density at radius 2 is 2.21 bits per heavy atom. The van der Waals surface area contributed by atoms with E-state index in [-0.39, 0.29) is 6.23 Å². The van der Waals surface area contributed by atoms with Crippen LogP contribution in [0.4, 0.5) is 0 Å². The number of aromatic nitrogens is 3. The van der Waals surface area contributed by atoms with Crippen LogP contribution in [0.5, 0.6) is 0 Å². The molecule has 1 atom stereocenters. The van der Waals surface area contributed by atoms with Gasteiger partial charge in [0.1, 0.15) is 11.9 Å². The zero-order valence-electron chi connectivity index (χ0n) is 16.2. The summed E-state index contributed by atoms with van der Waals surface area (Å²) >= 11 is 12.6. The van der Waals surface area contributed by atoms with Crippen molar-refractivity contribution in [3.8, 4) is 11.1 Å². The summed E-state index contributed by atoms with van der Waals surface area (Å²) in [6.45, 7) is 0.726. The highest BCUT2D eigenvalue weighted by molar-refractivity contribution is 6.45. The number of nitrogens with zero attached hydrogens (tertiary/aromatic N) is 4. The van der Waals surface area contributed by atoms with Crippen LogP contribution < -0.4 is 0 Å². The number of nitrogens with one attached hydrogen (secondary N) is 1. The number of H-pyrrole nitrogens is 1. The standard InChI is InChI=1S/C20H21Cl2N5O2/c1-26(2)11-23-20(28)19-16(13-6-7-14(21)17(22)18(13)25-19)12-9-24-27(10-12)15-5-3-4-8-29-15/h6-7,9-11,15,25H,3-5,8H2,1-2H3. The monoisotopic (exact) mass is 433 g/mol. The van der Waals surface area contributed by atoms with Crippen molar-refractivity contribution in [2.24, 2.45) is 4.99 Å². The number of benzene rings is 1. The maximum absolute atomic E-state index is 12.8. The molecule has 2 aromatic heterocycles. The third-order valence-corrected chi connectivity index (χ3v) is 5.63. The zero-order valence-corrected chi connectivity index (χ0v) is 17.7. The summed E-state index contributed by atoms with van der Waals surface area (Å²) in [5.74, 6) is -0.404. The van der Waals surface area contributed by atoms with Gasteiger partial charge >= 0.3 is 0 Å². The fourth-order valence-corrected chi connectivity index (χ4v) is 3.82. The van der Waals surface area contributed by atoms with E-state index < -0.39 is 5.91 Å². The highest BCUT2D eigenvalue weighted by Crippen LogP contribution is 2.39. The molecule has 1 unspecified atom stereocenters. The quantitative estimate of drug-likeness (QED) is 0.474. The maximum Gasteiger partial charge on any atom is 0.295 e. The lowest BCUT2D eigenvalue weighted by Crippen LogP contribution is -2.18. The molecule has 0 radical (unpaired) electrons. The van der Waals surface area contributed by atoms with Crippen LogP contribution in [0.3, 0.4) is 0 Å². The van der Waals surface area contributed by atoms with E-state index in [4.69, 9.17) is 27.9 Å². The van der Waals surface area contributed by atoms with Crippen LogP contribution in [0.1, 0.15) is 36.0 Å². The molecule has 0 saturated carbocycles. The normalized spacial score (nSPS) is 17.3. The molecular weight excluding hydrogens is 413 g/mol. The lowest BCUT2D eigenvalue weighted by molar-refractivity contribution is -0.0394. The molecule has 1 aliphatic rings. The van der Waals surface area contributed by atoms with Crippen LogP contribution >= 0.6 is 23.2 Å². The van der Waals surface area contributed by atoms with Crippen molar-refractivity contribution in [2.45, 2.75) is 25.5 Å². The molecule has 3 aromatic rings. The first kappa shape index (κ1) is 19.9. The first-order valence-corrected chi connectivity index (χ1v) is 10.1. The molecule has 1 N–H and O–H groups in total. The summed E-state index contributed by atoms with van der Waals surface area (Å²) in [7, 11) is 3.60. The number of carbonyl (C=O) groups is 1. The summed E-state index contributed by atoms with van der Waals surface area (Å²) in [5.41, 5.74) is 2.42. The van der Waals surface area contributed by atoms with Crippen molar-refractivity contribution in [1.29, 1.82) is 0 Å². The van der Waals surface area contributed by atoms with Crippen LogP contribution in [0.25, 0.3) is 22.0 Å². The van der Waals surface area contributed by atoms with Crippen molar-refractivity contribution in [1.82, 2.24) is 19.7 Å². The summed E-state index contributed by atoms with van der Waals surface area (Å²) < 4.78 is 7.63. The van der Waals surface area contributed by atoms with E-state index in [2.05, 4.69) is 15.1 Å². The molecule has 29 heavy (non-hydrogen) atoms. The second kappa shape index (κ2) is 8.18. The molecule has 1 aromatic carbocycles. The van der Waals surface area contributed by atoms with Crippen molar-refractivity contribution < 1.29 is 9.53 Å². The smallest absolute Gasteiger partial charge is 0.295 e. The first-order valence-electron chi connectivity index (χ1n) is 9.36. The van der Waals surface area contributed by atoms with Crippen molar-refractivity contribution in [2.75, 3.05) is 20.7 Å². The van der Waals surface area contributed by atoms with Gasteiger partial charge in [0.05, 0.1) is 28.1 Å². The number of carbonyl (C=O) groups excluding carboxylic acids is 1. The molecular formula is C20H21Cl2N5O2. The highest BCUT2D eigenvalue weighted by Gasteiger charge is 2.24. The third kappa shape index (κ3) is 3.90. The van der Waals surface area contributed by atoms with Crippen LogP contribution in [-0.4, -0.2) is 52.6 Å². The minimum Gasteiger partial charge on any atom is -0.369 e. The topological polar surface area (TPSA) is 75.5 Å². The van der Waals surface area contributed by atoms with Gasteiger partial charge in [-0.05, 0) is 25.3 Å². The molecule has 1 fully saturated rings. The Kier molecular flexibility index (Phi) is 5.63. The number of amides is 1. The summed E-state index contributed by atoms with van der Waals surface area (Å²) in [4.78, 5) is 21.7. The van der Waals surface area contributed by atoms with Gasteiger partial charge in [-0.1, -0.05) is 29.3 Å². The fraction of sp³-hybridized carbons (Fsp3) is 0.350. The first-order chi connectivity index (χ1) is 14.0. The molecule has 4 rings (SSSR count). The van der Waals surface area contributed by atoms with E-state index in [1.807, 2.05) is 16.9 Å². The van der Waals surface area contributed by atoms with Crippen molar-refractivity contribution >= 4 is 46.4 Å². The van der Waals surface area contributed by atoms with Gasteiger partial charge in [0.2, 0.25) is 0 Å². The fourth-order valence-electron chi connectivity index (χ4n) is 3.45. The largest absolute Gasteiger partial charge is 0.369 e. The van der Waals surface area contributed by atoms with Gasteiger partial charge in [-0.25, -0.2) is 4.68 Å². The average molecular weight is 434 g/mol. The van der Waals surface area contributed by atoms with Crippen molar-refractivity contribution in [3.63, 3.8) is 0 Å². The molecule has 3 heterocycles. The molecule has 9 heteroatoms. The number of rotatable bonds is 4. The minimum absolute atomic E-state index is 0.0911. The molecule has 1 amide bonds. The van der Waals surface area contributed by atoms with E-state index in [0.29, 0.717) is 26.8 Å². The lowest BCUT2D eigenvalue weighted by atomic mass is 10.0. The molecule has 1 saturated heterocycles. The molecule has 7 nitrogen and oxygen atoms in total. The number of aliphatic imine (C=N–C) groups is 1. The van der Waals surface area contributed by atoms with E-state index >= 15 is 0 Å². The highest BCUT2D eigenvalue weighted by atomic mass is 35.5. The predicted molar refractivity (Wildman–Crippen MR) is 115 cm³/mol. The van der Waals surface area contributed by atoms with Gasteiger partial charge in [-0.15, -0.1) is 0 Å². The molecule has 0 spiro atoms. The van der Waals surface area contributed by atoms with E-state index in [9.17, 15) is 4.79 Å². The van der Waals surface area contributed by atoms with E-state index in [0.717, 1.165) is 36.8 Å². The number of halogens is 2. The lowest BCUT2D eigenvalue weighted by Gasteiger charge is -2.22. The average Bonchev–Trinajstić information content (AvgIpc) is 3.34. The second-order valence-corrected chi connectivity index (χ2v) is 7.99. The Balaban J connectivity index is 1.83. The zero-order chi connectivity index (χ0) is 20.5. The van der Waals surface area contributed by atoms with Gasteiger partial charge in [0, 0.05) is 43.4 Å².